The van der Waals surface area contributed by atoms with Crippen LogP contribution >= 0.6 is 0 Å². The van der Waals surface area contributed by atoms with Crippen LogP contribution in [-0.2, 0) is 20.9 Å². The van der Waals surface area contributed by atoms with Gasteiger partial charge in [-0.2, -0.15) is 0 Å². The molecule has 1 heterocycles. The Kier molecular flexibility index (Phi) is 6.72. The van der Waals surface area contributed by atoms with Crippen molar-refractivity contribution in [2.75, 3.05) is 7.11 Å². The van der Waals surface area contributed by atoms with Crippen LogP contribution in [0.15, 0.2) is 107 Å². The molecule has 36 heavy (non-hydrogen) atoms. The van der Waals surface area contributed by atoms with Gasteiger partial charge in [0.2, 0.25) is 0 Å². The highest BCUT2D eigenvalue weighted by molar-refractivity contribution is 6.04. The first-order valence-corrected chi connectivity index (χ1v) is 12.2. The van der Waals surface area contributed by atoms with Gasteiger partial charge in [-0.25, -0.2) is 4.79 Å². The number of ether oxygens (including phenoxy) is 2. The smallest absolute Gasteiger partial charge is 0.336 e. The number of carbonyl (C=O) groups excluding carboxylic acids is 2. The van der Waals surface area contributed by atoms with E-state index in [0.29, 0.717) is 42.0 Å². The van der Waals surface area contributed by atoms with Crippen LogP contribution in [0.2, 0.25) is 0 Å². The van der Waals surface area contributed by atoms with E-state index in [9.17, 15) is 9.59 Å². The average Bonchev–Trinajstić information content (AvgIpc) is 2.92. The average molecular weight is 480 g/mol. The highest BCUT2D eigenvalue weighted by atomic mass is 16.5. The molecule has 0 bridgehead atoms. The number of carbonyl (C=O) groups is 2. The first kappa shape index (κ1) is 23.6. The van der Waals surface area contributed by atoms with Crippen molar-refractivity contribution in [3.05, 3.63) is 124 Å². The number of dihydropyridines is 1. The van der Waals surface area contributed by atoms with E-state index in [1.54, 1.807) is 0 Å². The Hall–Kier alpha value is -4.12. The molecule has 0 aromatic heterocycles. The number of methoxy groups -OCH3 is 1. The summed E-state index contributed by atoms with van der Waals surface area (Å²) in [5.74, 6) is -0.249. The largest absolute Gasteiger partial charge is 0.489 e. The zero-order valence-electron chi connectivity index (χ0n) is 20.5. The molecule has 182 valence electrons. The third-order valence-corrected chi connectivity index (χ3v) is 6.97. The van der Waals surface area contributed by atoms with E-state index in [2.05, 4.69) is 17.4 Å². The van der Waals surface area contributed by atoms with E-state index in [4.69, 9.17) is 9.47 Å². The minimum absolute atomic E-state index is 0.0365. The lowest BCUT2D eigenvalue weighted by Crippen LogP contribution is -2.36. The summed E-state index contributed by atoms with van der Waals surface area (Å²) in [6.07, 6.45) is 1.09. The van der Waals surface area contributed by atoms with Crippen LogP contribution < -0.4 is 10.1 Å². The molecule has 0 saturated heterocycles. The number of benzene rings is 3. The molecule has 5 rings (SSSR count). The second-order valence-corrected chi connectivity index (χ2v) is 9.23. The van der Waals surface area contributed by atoms with Crippen molar-refractivity contribution in [1.82, 2.24) is 5.32 Å². The topological polar surface area (TPSA) is 64.6 Å². The third-order valence-electron chi connectivity index (χ3n) is 6.97. The maximum Gasteiger partial charge on any atom is 0.336 e. The minimum atomic E-state index is -0.565. The highest BCUT2D eigenvalue weighted by Gasteiger charge is 2.42. The Morgan fingerprint density at radius 1 is 0.917 bits per heavy atom. The molecule has 0 spiro atoms. The van der Waals surface area contributed by atoms with Crippen molar-refractivity contribution in [3.63, 3.8) is 0 Å². The molecule has 3 aromatic rings. The van der Waals surface area contributed by atoms with Crippen molar-refractivity contribution >= 4 is 11.8 Å². The Morgan fingerprint density at radius 3 is 2.31 bits per heavy atom. The molecule has 0 saturated carbocycles. The zero-order valence-corrected chi connectivity index (χ0v) is 20.5. The second-order valence-electron chi connectivity index (χ2n) is 9.23. The van der Waals surface area contributed by atoms with Crippen LogP contribution in [0, 0.1) is 0 Å². The van der Waals surface area contributed by atoms with Gasteiger partial charge in [-0.1, -0.05) is 78.9 Å². The first-order valence-electron chi connectivity index (χ1n) is 12.2. The number of ketones is 1. The molecular formula is C31H29NO4. The SMILES string of the molecule is COC(=O)C1=C(C)NC2=C(C(=O)C[C@@H](c3ccccc3)C2)[C@H]1c1ccccc1OCc1ccccc1. The summed E-state index contributed by atoms with van der Waals surface area (Å²) in [6, 6.07) is 27.7. The van der Waals surface area contributed by atoms with Crippen molar-refractivity contribution < 1.29 is 19.1 Å². The van der Waals surface area contributed by atoms with Crippen LogP contribution in [-0.4, -0.2) is 18.9 Å². The summed E-state index contributed by atoms with van der Waals surface area (Å²) in [6.45, 7) is 2.25. The van der Waals surface area contributed by atoms with Gasteiger partial charge in [-0.15, -0.1) is 0 Å². The summed E-state index contributed by atoms with van der Waals surface area (Å²) in [4.78, 5) is 26.8. The maximum atomic E-state index is 13.7. The summed E-state index contributed by atoms with van der Waals surface area (Å²) in [5.41, 5.74) is 5.61. The number of allylic oxidation sites excluding steroid dienone is 3. The van der Waals surface area contributed by atoms with Crippen LogP contribution in [0.5, 0.6) is 5.75 Å². The van der Waals surface area contributed by atoms with Crippen LogP contribution in [0.4, 0.5) is 0 Å². The number of hydrogen-bond donors (Lipinski definition) is 1. The number of nitrogens with one attached hydrogen (secondary N) is 1. The van der Waals surface area contributed by atoms with Gasteiger partial charge in [0, 0.05) is 29.0 Å². The molecule has 3 aromatic carbocycles. The Bertz CT molecular complexity index is 1340. The quantitative estimate of drug-likeness (QED) is 0.453. The van der Waals surface area contributed by atoms with E-state index in [0.717, 1.165) is 22.4 Å². The van der Waals surface area contributed by atoms with Gasteiger partial charge >= 0.3 is 5.97 Å². The molecule has 1 N–H and O–H groups in total. The summed E-state index contributed by atoms with van der Waals surface area (Å²) < 4.78 is 11.4. The summed E-state index contributed by atoms with van der Waals surface area (Å²) in [7, 11) is 1.37. The molecule has 5 heteroatoms. The predicted molar refractivity (Wildman–Crippen MR) is 138 cm³/mol. The predicted octanol–water partition coefficient (Wildman–Crippen LogP) is 5.80. The number of rotatable bonds is 6. The molecule has 0 amide bonds. The highest BCUT2D eigenvalue weighted by Crippen LogP contribution is 2.47. The van der Waals surface area contributed by atoms with Crippen LogP contribution in [0.1, 0.15) is 48.3 Å². The van der Waals surface area contributed by atoms with Crippen LogP contribution in [0.3, 0.4) is 0 Å². The number of esters is 1. The fraction of sp³-hybridized carbons (Fsp3) is 0.226. The fourth-order valence-electron chi connectivity index (χ4n) is 5.28. The number of para-hydroxylation sites is 1. The minimum Gasteiger partial charge on any atom is -0.489 e. The first-order chi connectivity index (χ1) is 17.6. The lowest BCUT2D eigenvalue weighted by Gasteiger charge is -2.37. The van der Waals surface area contributed by atoms with E-state index in [1.807, 2.05) is 79.7 Å². The Balaban J connectivity index is 1.57. The maximum absolute atomic E-state index is 13.7. The van der Waals surface area contributed by atoms with Gasteiger partial charge in [0.1, 0.15) is 12.4 Å². The second kappa shape index (κ2) is 10.2. The molecule has 0 unspecified atom stereocenters. The lowest BCUT2D eigenvalue weighted by atomic mass is 9.71. The fourth-order valence-corrected chi connectivity index (χ4v) is 5.28. The van der Waals surface area contributed by atoms with Gasteiger partial charge in [-0.05, 0) is 36.5 Å². The van der Waals surface area contributed by atoms with Crippen molar-refractivity contribution in [2.45, 2.75) is 38.2 Å². The third kappa shape index (κ3) is 4.57. The number of Topliss-reactive ketones (excluding diaryl/α,β-unsaturated/α-hetero) is 1. The van der Waals surface area contributed by atoms with Crippen molar-refractivity contribution in [2.24, 2.45) is 0 Å². The van der Waals surface area contributed by atoms with E-state index >= 15 is 0 Å². The van der Waals surface area contributed by atoms with Gasteiger partial charge in [-0.3, -0.25) is 4.79 Å². The van der Waals surface area contributed by atoms with E-state index in [-0.39, 0.29) is 11.7 Å². The molecule has 2 atom stereocenters. The molecule has 1 aliphatic heterocycles. The Labute approximate surface area is 211 Å². The molecule has 1 aliphatic carbocycles. The molecular weight excluding hydrogens is 450 g/mol. The Morgan fingerprint density at radius 2 is 1.58 bits per heavy atom. The normalized spacial score (nSPS) is 19.4. The van der Waals surface area contributed by atoms with Crippen molar-refractivity contribution in [3.8, 4) is 5.75 Å². The molecule has 5 nitrogen and oxygen atoms in total. The van der Waals surface area contributed by atoms with Gasteiger partial charge in [0.15, 0.2) is 5.78 Å². The molecule has 0 radical (unpaired) electrons. The van der Waals surface area contributed by atoms with Crippen LogP contribution in [0.25, 0.3) is 0 Å². The van der Waals surface area contributed by atoms with Gasteiger partial charge < -0.3 is 14.8 Å². The monoisotopic (exact) mass is 479 g/mol. The van der Waals surface area contributed by atoms with Gasteiger partial charge in [0.05, 0.1) is 18.6 Å². The summed E-state index contributed by atoms with van der Waals surface area (Å²) in [5, 5.41) is 3.39. The zero-order chi connectivity index (χ0) is 25.1. The molecule has 0 fully saturated rings. The summed E-state index contributed by atoms with van der Waals surface area (Å²) >= 11 is 0. The van der Waals surface area contributed by atoms with E-state index < -0.39 is 11.9 Å². The molecule has 2 aliphatic rings. The lowest BCUT2D eigenvalue weighted by molar-refractivity contribution is -0.136. The number of hydrogen-bond acceptors (Lipinski definition) is 5. The van der Waals surface area contributed by atoms with Gasteiger partial charge in [0.25, 0.3) is 0 Å². The van der Waals surface area contributed by atoms with E-state index in [1.165, 1.54) is 7.11 Å². The van der Waals surface area contributed by atoms with Crippen molar-refractivity contribution in [1.29, 1.82) is 0 Å². The standard InChI is InChI=1S/C31H29NO4/c1-20-28(31(34)35-2)29(24-15-9-10-16-27(24)36-19-21-11-5-3-6-12-21)30-25(32-20)17-23(18-26(30)33)22-13-7-4-8-14-22/h3-16,23,29,32H,17-19H2,1-2H3/t23-,29-/m0/s1.